The van der Waals surface area contributed by atoms with Crippen LogP contribution in [0.15, 0.2) is 42.5 Å². The van der Waals surface area contributed by atoms with E-state index >= 15 is 0 Å². The van der Waals surface area contributed by atoms with Crippen molar-refractivity contribution in [3.05, 3.63) is 70.3 Å². The van der Waals surface area contributed by atoms with E-state index in [0.717, 1.165) is 12.8 Å². The Bertz CT molecular complexity index is 578. The smallest absolute Gasteiger partial charge is 0.0335 e. The van der Waals surface area contributed by atoms with Crippen LogP contribution in [0, 0.1) is 19.8 Å². The molecule has 0 saturated carbocycles. The minimum Gasteiger partial charge on any atom is -0.324 e. The van der Waals surface area contributed by atoms with Crippen LogP contribution in [0.4, 0.5) is 0 Å². The Hall–Kier alpha value is -1.60. The topological polar surface area (TPSA) is 26.0 Å². The van der Waals surface area contributed by atoms with Gasteiger partial charge in [0.2, 0.25) is 0 Å². The average molecular weight is 281 g/mol. The Morgan fingerprint density at radius 3 is 2.14 bits per heavy atom. The van der Waals surface area contributed by atoms with Crippen molar-refractivity contribution >= 4 is 0 Å². The lowest BCUT2D eigenvalue weighted by Crippen LogP contribution is -2.14. The third kappa shape index (κ3) is 4.71. The fraction of sp³-hybridized carbons (Fsp3) is 0.400. The zero-order valence-electron chi connectivity index (χ0n) is 13.7. The Kier molecular flexibility index (Phi) is 5.19. The second-order valence-corrected chi connectivity index (χ2v) is 6.65. The molecule has 0 spiro atoms. The van der Waals surface area contributed by atoms with Gasteiger partial charge >= 0.3 is 0 Å². The van der Waals surface area contributed by atoms with Gasteiger partial charge in [-0.2, -0.15) is 0 Å². The fourth-order valence-electron chi connectivity index (χ4n) is 2.98. The van der Waals surface area contributed by atoms with Crippen LogP contribution in [0.3, 0.4) is 0 Å². The zero-order chi connectivity index (χ0) is 15.4. The summed E-state index contributed by atoms with van der Waals surface area (Å²) in [5, 5.41) is 0. The Morgan fingerprint density at radius 1 is 0.857 bits per heavy atom. The van der Waals surface area contributed by atoms with Gasteiger partial charge in [0, 0.05) is 6.04 Å². The van der Waals surface area contributed by atoms with Gasteiger partial charge in [-0.3, -0.25) is 0 Å². The molecule has 1 atom stereocenters. The van der Waals surface area contributed by atoms with E-state index in [0.29, 0.717) is 5.92 Å². The van der Waals surface area contributed by atoms with E-state index in [1.54, 1.807) is 0 Å². The maximum Gasteiger partial charge on any atom is 0.0335 e. The SMILES string of the molecule is Cc1cc(C)cc(CC(N)c2cccc(CC(C)C)c2)c1. The minimum atomic E-state index is 0.0679. The third-order valence-electron chi connectivity index (χ3n) is 3.76. The highest BCUT2D eigenvalue weighted by molar-refractivity contribution is 5.32. The highest BCUT2D eigenvalue weighted by atomic mass is 14.6. The molecule has 0 fully saturated rings. The summed E-state index contributed by atoms with van der Waals surface area (Å²) >= 11 is 0. The monoisotopic (exact) mass is 281 g/mol. The predicted molar refractivity (Wildman–Crippen MR) is 91.5 cm³/mol. The summed E-state index contributed by atoms with van der Waals surface area (Å²) in [6.07, 6.45) is 2.01. The normalized spacial score (nSPS) is 12.7. The van der Waals surface area contributed by atoms with Crippen molar-refractivity contribution in [2.24, 2.45) is 11.7 Å². The molecule has 0 amide bonds. The highest BCUT2D eigenvalue weighted by Gasteiger charge is 2.09. The first kappa shape index (κ1) is 15.8. The molecule has 1 heteroatoms. The molecule has 2 N–H and O–H groups in total. The summed E-state index contributed by atoms with van der Waals surface area (Å²) in [5.41, 5.74) is 13.0. The van der Waals surface area contributed by atoms with Crippen molar-refractivity contribution in [1.29, 1.82) is 0 Å². The van der Waals surface area contributed by atoms with Gasteiger partial charge in [0.25, 0.3) is 0 Å². The van der Waals surface area contributed by atoms with Gasteiger partial charge in [0.15, 0.2) is 0 Å². The van der Waals surface area contributed by atoms with Gasteiger partial charge in [-0.15, -0.1) is 0 Å². The van der Waals surface area contributed by atoms with Crippen LogP contribution >= 0.6 is 0 Å². The average Bonchev–Trinajstić information content (AvgIpc) is 2.36. The molecule has 0 saturated heterocycles. The Balaban J connectivity index is 2.14. The minimum absolute atomic E-state index is 0.0679. The van der Waals surface area contributed by atoms with Crippen molar-refractivity contribution in [3.63, 3.8) is 0 Å². The zero-order valence-corrected chi connectivity index (χ0v) is 13.7. The second-order valence-electron chi connectivity index (χ2n) is 6.65. The van der Waals surface area contributed by atoms with E-state index in [1.807, 2.05) is 0 Å². The van der Waals surface area contributed by atoms with Crippen LogP contribution in [0.5, 0.6) is 0 Å². The molecular formula is C20H27N. The molecule has 0 aromatic heterocycles. The van der Waals surface area contributed by atoms with Crippen molar-refractivity contribution in [2.75, 3.05) is 0 Å². The number of hydrogen-bond acceptors (Lipinski definition) is 1. The third-order valence-corrected chi connectivity index (χ3v) is 3.76. The molecule has 1 nitrogen and oxygen atoms in total. The number of hydrogen-bond donors (Lipinski definition) is 1. The first-order valence-electron chi connectivity index (χ1n) is 7.85. The first-order valence-corrected chi connectivity index (χ1v) is 7.85. The largest absolute Gasteiger partial charge is 0.324 e. The first-order chi connectivity index (χ1) is 9.94. The highest BCUT2D eigenvalue weighted by Crippen LogP contribution is 2.20. The van der Waals surface area contributed by atoms with Crippen LogP contribution < -0.4 is 5.73 Å². The van der Waals surface area contributed by atoms with Gasteiger partial charge < -0.3 is 5.73 Å². The summed E-state index contributed by atoms with van der Waals surface area (Å²) in [4.78, 5) is 0. The molecule has 0 aliphatic heterocycles. The molecule has 21 heavy (non-hydrogen) atoms. The van der Waals surface area contributed by atoms with Crippen LogP contribution in [0.25, 0.3) is 0 Å². The Labute approximate surface area is 129 Å². The van der Waals surface area contributed by atoms with E-state index in [2.05, 4.69) is 70.2 Å². The van der Waals surface area contributed by atoms with Crippen LogP contribution in [-0.2, 0) is 12.8 Å². The van der Waals surface area contributed by atoms with Crippen LogP contribution in [0.2, 0.25) is 0 Å². The lowest BCUT2D eigenvalue weighted by molar-refractivity contribution is 0.644. The van der Waals surface area contributed by atoms with E-state index in [4.69, 9.17) is 5.73 Å². The van der Waals surface area contributed by atoms with Crippen LogP contribution in [-0.4, -0.2) is 0 Å². The van der Waals surface area contributed by atoms with E-state index in [9.17, 15) is 0 Å². The maximum atomic E-state index is 6.43. The molecule has 0 heterocycles. The van der Waals surface area contributed by atoms with Gasteiger partial charge in [0.05, 0.1) is 0 Å². The number of benzene rings is 2. The lowest BCUT2D eigenvalue weighted by Gasteiger charge is -2.15. The summed E-state index contributed by atoms with van der Waals surface area (Å²) < 4.78 is 0. The number of aryl methyl sites for hydroxylation is 2. The number of nitrogens with two attached hydrogens (primary N) is 1. The summed E-state index contributed by atoms with van der Waals surface area (Å²) in [5.74, 6) is 0.677. The molecule has 0 bridgehead atoms. The molecular weight excluding hydrogens is 254 g/mol. The predicted octanol–water partition coefficient (Wildman–Crippen LogP) is 4.74. The fourth-order valence-corrected chi connectivity index (χ4v) is 2.98. The standard InChI is InChI=1S/C20H27N/c1-14(2)8-17-6-5-7-19(12-17)20(21)13-18-10-15(3)9-16(4)11-18/h5-7,9-12,14,20H,8,13,21H2,1-4H3. The quantitative estimate of drug-likeness (QED) is 0.841. The molecule has 1 unspecified atom stereocenters. The van der Waals surface area contributed by atoms with Gasteiger partial charge in [0.1, 0.15) is 0 Å². The molecule has 2 rings (SSSR count). The summed E-state index contributed by atoms with van der Waals surface area (Å²) in [6, 6.07) is 15.5. The maximum absolute atomic E-state index is 6.43. The van der Waals surface area contributed by atoms with Crippen molar-refractivity contribution in [1.82, 2.24) is 0 Å². The Morgan fingerprint density at radius 2 is 1.52 bits per heavy atom. The lowest BCUT2D eigenvalue weighted by atomic mass is 9.94. The molecule has 0 aliphatic carbocycles. The van der Waals surface area contributed by atoms with Gasteiger partial charge in [-0.1, -0.05) is 67.4 Å². The second kappa shape index (κ2) is 6.91. The molecule has 2 aromatic carbocycles. The molecule has 0 aliphatic rings. The van der Waals surface area contributed by atoms with Crippen molar-refractivity contribution < 1.29 is 0 Å². The number of rotatable bonds is 5. The van der Waals surface area contributed by atoms with E-state index in [-0.39, 0.29) is 6.04 Å². The molecule has 2 aromatic rings. The van der Waals surface area contributed by atoms with E-state index in [1.165, 1.54) is 27.8 Å². The van der Waals surface area contributed by atoms with Crippen LogP contribution in [0.1, 0.15) is 47.7 Å². The van der Waals surface area contributed by atoms with Gasteiger partial charge in [-0.05, 0) is 49.3 Å². The molecule has 112 valence electrons. The van der Waals surface area contributed by atoms with Gasteiger partial charge in [-0.25, -0.2) is 0 Å². The summed E-state index contributed by atoms with van der Waals surface area (Å²) in [7, 11) is 0. The molecule has 0 radical (unpaired) electrons. The van der Waals surface area contributed by atoms with Crippen molar-refractivity contribution in [3.8, 4) is 0 Å². The van der Waals surface area contributed by atoms with E-state index < -0.39 is 0 Å². The van der Waals surface area contributed by atoms with Crippen molar-refractivity contribution in [2.45, 2.75) is 46.6 Å². The summed E-state index contributed by atoms with van der Waals surface area (Å²) in [6.45, 7) is 8.79.